The van der Waals surface area contributed by atoms with Gasteiger partial charge in [-0.25, -0.2) is 0 Å². The fourth-order valence-electron chi connectivity index (χ4n) is 3.25. The Bertz CT molecular complexity index is 786. The number of aromatic nitrogens is 2. The van der Waals surface area contributed by atoms with E-state index in [0.717, 1.165) is 56.4 Å². The molecule has 0 spiro atoms. The molecule has 2 N–H and O–H groups in total. The Hall–Kier alpha value is -1.77. The van der Waals surface area contributed by atoms with Gasteiger partial charge in [-0.1, -0.05) is 17.7 Å². The standard InChI is InChI=1S/C23H37N5O.HI/c1-7-24-23(26-18(3)16-22-19(4)27-28(6)20(22)5)25-14-8-9-15-29-21-12-10-17(2)11-13-21;/h10-13,18H,7-9,14-16H2,1-6H3,(H2,24,25,26);1H. The number of guanidine groups is 1. The van der Waals surface area contributed by atoms with Gasteiger partial charge in [-0.15, -0.1) is 24.0 Å². The van der Waals surface area contributed by atoms with E-state index < -0.39 is 0 Å². The predicted octanol–water partition coefficient (Wildman–Crippen LogP) is 4.31. The van der Waals surface area contributed by atoms with E-state index in [1.54, 1.807) is 0 Å². The molecule has 0 saturated carbocycles. The third kappa shape index (κ3) is 8.53. The minimum atomic E-state index is 0. The maximum atomic E-state index is 5.78. The van der Waals surface area contributed by atoms with E-state index in [1.165, 1.54) is 16.8 Å². The predicted molar refractivity (Wildman–Crippen MR) is 136 cm³/mol. The Morgan fingerprint density at radius 2 is 1.87 bits per heavy atom. The number of aliphatic imine (C=N–C) groups is 1. The van der Waals surface area contributed by atoms with Crippen LogP contribution < -0.4 is 15.4 Å². The average Bonchev–Trinajstić information content (AvgIpc) is 2.92. The van der Waals surface area contributed by atoms with Crippen LogP contribution in [0.3, 0.4) is 0 Å². The number of benzene rings is 1. The Labute approximate surface area is 198 Å². The molecule has 0 aliphatic heterocycles. The Morgan fingerprint density at radius 1 is 1.17 bits per heavy atom. The largest absolute Gasteiger partial charge is 0.494 e. The smallest absolute Gasteiger partial charge is 0.191 e. The van der Waals surface area contributed by atoms with Crippen molar-refractivity contribution < 1.29 is 4.74 Å². The van der Waals surface area contributed by atoms with E-state index in [9.17, 15) is 0 Å². The Morgan fingerprint density at radius 3 is 2.47 bits per heavy atom. The summed E-state index contributed by atoms with van der Waals surface area (Å²) >= 11 is 0. The van der Waals surface area contributed by atoms with Crippen molar-refractivity contribution in [2.75, 3.05) is 19.7 Å². The Balaban J connectivity index is 0.00000450. The molecule has 1 aromatic carbocycles. The van der Waals surface area contributed by atoms with Crippen LogP contribution in [0, 0.1) is 20.8 Å². The molecule has 7 heteroatoms. The third-order valence-corrected chi connectivity index (χ3v) is 5.01. The van der Waals surface area contributed by atoms with Crippen molar-refractivity contribution in [3.63, 3.8) is 0 Å². The van der Waals surface area contributed by atoms with Crippen molar-refractivity contribution in [2.24, 2.45) is 12.0 Å². The molecule has 0 radical (unpaired) electrons. The normalized spacial score (nSPS) is 12.3. The van der Waals surface area contributed by atoms with Crippen LogP contribution in [-0.4, -0.2) is 41.5 Å². The van der Waals surface area contributed by atoms with Crippen LogP contribution in [0.15, 0.2) is 29.3 Å². The number of nitrogens with one attached hydrogen (secondary N) is 2. The minimum Gasteiger partial charge on any atom is -0.494 e. The molecule has 1 unspecified atom stereocenters. The summed E-state index contributed by atoms with van der Waals surface area (Å²) in [6, 6.07) is 8.47. The summed E-state index contributed by atoms with van der Waals surface area (Å²) in [4.78, 5) is 4.72. The quantitative estimate of drug-likeness (QED) is 0.209. The molecule has 0 aliphatic carbocycles. The number of unbranched alkanes of at least 4 members (excludes halogenated alkanes) is 1. The molecule has 0 aliphatic rings. The highest BCUT2D eigenvalue weighted by atomic mass is 127. The van der Waals surface area contributed by atoms with Crippen LogP contribution in [0.2, 0.25) is 0 Å². The lowest BCUT2D eigenvalue weighted by Gasteiger charge is -2.18. The highest BCUT2D eigenvalue weighted by molar-refractivity contribution is 14.0. The van der Waals surface area contributed by atoms with Crippen molar-refractivity contribution >= 4 is 29.9 Å². The van der Waals surface area contributed by atoms with Gasteiger partial charge in [-0.2, -0.15) is 5.10 Å². The number of aryl methyl sites for hydroxylation is 3. The van der Waals surface area contributed by atoms with Crippen LogP contribution in [0.25, 0.3) is 0 Å². The topological polar surface area (TPSA) is 63.5 Å². The Kier molecular flexibility index (Phi) is 11.8. The van der Waals surface area contributed by atoms with Crippen molar-refractivity contribution in [3.05, 3.63) is 46.8 Å². The van der Waals surface area contributed by atoms with Crippen molar-refractivity contribution in [1.82, 2.24) is 20.4 Å². The van der Waals surface area contributed by atoms with Crippen LogP contribution in [0.1, 0.15) is 49.2 Å². The lowest BCUT2D eigenvalue weighted by atomic mass is 10.1. The fraction of sp³-hybridized carbons (Fsp3) is 0.565. The second-order valence-electron chi connectivity index (χ2n) is 7.65. The molecule has 2 rings (SSSR count). The van der Waals surface area contributed by atoms with Gasteiger partial charge in [0.05, 0.1) is 12.3 Å². The molecule has 168 valence electrons. The molecule has 0 fully saturated rings. The van der Waals surface area contributed by atoms with Gasteiger partial charge in [0.15, 0.2) is 5.96 Å². The molecule has 30 heavy (non-hydrogen) atoms. The number of rotatable bonds is 10. The van der Waals surface area contributed by atoms with E-state index >= 15 is 0 Å². The molecule has 2 aromatic rings. The second kappa shape index (κ2) is 13.5. The van der Waals surface area contributed by atoms with Crippen molar-refractivity contribution in [3.8, 4) is 5.75 Å². The summed E-state index contributed by atoms with van der Waals surface area (Å²) in [7, 11) is 2.00. The molecule has 1 heterocycles. The first-order valence-electron chi connectivity index (χ1n) is 10.6. The zero-order valence-corrected chi connectivity index (χ0v) is 21.6. The summed E-state index contributed by atoms with van der Waals surface area (Å²) in [6.07, 6.45) is 2.92. The first-order valence-corrected chi connectivity index (χ1v) is 10.6. The van der Waals surface area contributed by atoms with Gasteiger partial charge in [0.25, 0.3) is 0 Å². The average molecular weight is 527 g/mol. The molecule has 0 saturated heterocycles. The van der Waals surface area contributed by atoms with E-state index in [4.69, 9.17) is 9.73 Å². The molecule has 0 amide bonds. The van der Waals surface area contributed by atoms with Crippen LogP contribution in [0.5, 0.6) is 5.75 Å². The molecule has 1 aromatic heterocycles. The highest BCUT2D eigenvalue weighted by Crippen LogP contribution is 2.14. The number of halogens is 1. The monoisotopic (exact) mass is 527 g/mol. The first kappa shape index (κ1) is 26.3. The summed E-state index contributed by atoms with van der Waals surface area (Å²) in [6.45, 7) is 12.9. The summed E-state index contributed by atoms with van der Waals surface area (Å²) < 4.78 is 7.74. The molecular weight excluding hydrogens is 489 g/mol. The van der Waals surface area contributed by atoms with Gasteiger partial charge in [-0.3, -0.25) is 9.67 Å². The number of hydrogen-bond acceptors (Lipinski definition) is 3. The van der Waals surface area contributed by atoms with Crippen molar-refractivity contribution in [1.29, 1.82) is 0 Å². The molecule has 6 nitrogen and oxygen atoms in total. The molecule has 1 atom stereocenters. The number of nitrogens with zero attached hydrogens (tertiary/aromatic N) is 3. The number of ether oxygens (including phenoxy) is 1. The van der Waals surface area contributed by atoms with E-state index in [-0.39, 0.29) is 30.0 Å². The van der Waals surface area contributed by atoms with E-state index in [0.29, 0.717) is 0 Å². The third-order valence-electron chi connectivity index (χ3n) is 5.01. The fourth-order valence-corrected chi connectivity index (χ4v) is 3.25. The molecular formula is C23H38IN5O. The second-order valence-corrected chi connectivity index (χ2v) is 7.65. The molecule has 0 bridgehead atoms. The van der Waals surface area contributed by atoms with Crippen LogP contribution in [0.4, 0.5) is 0 Å². The van der Waals surface area contributed by atoms with Crippen LogP contribution in [-0.2, 0) is 13.5 Å². The lowest BCUT2D eigenvalue weighted by Crippen LogP contribution is -2.43. The van der Waals surface area contributed by atoms with Gasteiger partial charge >= 0.3 is 0 Å². The van der Waals surface area contributed by atoms with Crippen LogP contribution >= 0.6 is 24.0 Å². The van der Waals surface area contributed by atoms with E-state index in [1.807, 2.05) is 23.9 Å². The van der Waals surface area contributed by atoms with Gasteiger partial charge in [0.2, 0.25) is 0 Å². The summed E-state index contributed by atoms with van der Waals surface area (Å²) in [5, 5.41) is 11.4. The highest BCUT2D eigenvalue weighted by Gasteiger charge is 2.13. The summed E-state index contributed by atoms with van der Waals surface area (Å²) in [5.74, 6) is 1.81. The SMILES string of the molecule is CCNC(=NCCCCOc1ccc(C)cc1)NC(C)Cc1c(C)nn(C)c1C.I. The zero-order valence-electron chi connectivity index (χ0n) is 19.3. The first-order chi connectivity index (χ1) is 13.9. The summed E-state index contributed by atoms with van der Waals surface area (Å²) in [5.41, 5.74) is 4.90. The van der Waals surface area contributed by atoms with Gasteiger partial charge in [-0.05, 0) is 71.6 Å². The minimum absolute atomic E-state index is 0. The maximum absolute atomic E-state index is 5.78. The zero-order chi connectivity index (χ0) is 21.2. The van der Waals surface area contributed by atoms with E-state index in [2.05, 4.69) is 62.5 Å². The number of hydrogen-bond donors (Lipinski definition) is 2. The van der Waals surface area contributed by atoms with Crippen molar-refractivity contribution in [2.45, 2.75) is 59.9 Å². The van der Waals surface area contributed by atoms with Gasteiger partial charge < -0.3 is 15.4 Å². The van der Waals surface area contributed by atoms with Gasteiger partial charge in [0, 0.05) is 31.9 Å². The van der Waals surface area contributed by atoms with Gasteiger partial charge in [0.1, 0.15) is 5.75 Å². The maximum Gasteiger partial charge on any atom is 0.191 e. The lowest BCUT2D eigenvalue weighted by molar-refractivity contribution is 0.308.